The highest BCUT2D eigenvalue weighted by molar-refractivity contribution is 5.92. The van der Waals surface area contributed by atoms with E-state index in [-0.39, 0.29) is 29.8 Å². The summed E-state index contributed by atoms with van der Waals surface area (Å²) in [7, 11) is 0. The number of carbonyl (C=O) groups is 1. The monoisotopic (exact) mass is 453 g/mol. The van der Waals surface area contributed by atoms with Crippen molar-refractivity contribution in [2.24, 2.45) is 0 Å². The van der Waals surface area contributed by atoms with Crippen LogP contribution < -0.4 is 4.74 Å². The van der Waals surface area contributed by atoms with Gasteiger partial charge in [0, 0.05) is 44.9 Å². The van der Waals surface area contributed by atoms with Gasteiger partial charge in [0.15, 0.2) is 0 Å². The molecular weight excluding hydrogens is 418 g/mol. The van der Waals surface area contributed by atoms with Crippen molar-refractivity contribution in [2.45, 2.75) is 77.3 Å². The van der Waals surface area contributed by atoms with E-state index in [0.717, 1.165) is 42.7 Å². The van der Waals surface area contributed by atoms with Crippen LogP contribution in [0.5, 0.6) is 5.75 Å². The lowest BCUT2D eigenvalue weighted by molar-refractivity contribution is -0.190. The quantitative estimate of drug-likeness (QED) is 0.641. The fourth-order valence-corrected chi connectivity index (χ4v) is 4.92. The topological polar surface area (TPSA) is 73.8 Å². The number of aromatic nitrogens is 2. The molecule has 2 aromatic rings. The molecule has 2 fully saturated rings. The third kappa shape index (κ3) is 5.53. The van der Waals surface area contributed by atoms with E-state index in [1.54, 1.807) is 12.3 Å². The maximum absolute atomic E-state index is 13.2. The Labute approximate surface area is 196 Å². The van der Waals surface area contributed by atoms with Crippen molar-refractivity contribution in [2.75, 3.05) is 19.7 Å². The highest BCUT2D eigenvalue weighted by Gasteiger charge is 2.45. The Morgan fingerprint density at radius 2 is 2.06 bits per heavy atom. The molecule has 7 nitrogen and oxygen atoms in total. The third-order valence-corrected chi connectivity index (χ3v) is 6.51. The SMILES string of the molecule is CCO[C@H]1C[C@@H](c2cccnc2)OC2(CCN(C(=O)c3ccc(OC(C)C)c(C)n3)CC2)C1. The van der Waals surface area contributed by atoms with Gasteiger partial charge in [0.1, 0.15) is 11.4 Å². The number of ether oxygens (including phenoxy) is 3. The Morgan fingerprint density at radius 1 is 1.27 bits per heavy atom. The van der Waals surface area contributed by atoms with Crippen molar-refractivity contribution in [3.8, 4) is 5.75 Å². The number of hydrogen-bond acceptors (Lipinski definition) is 6. The average Bonchev–Trinajstić information content (AvgIpc) is 2.81. The second-order valence-electron chi connectivity index (χ2n) is 9.33. The molecule has 0 radical (unpaired) electrons. The van der Waals surface area contributed by atoms with Gasteiger partial charge in [-0.1, -0.05) is 6.07 Å². The zero-order valence-electron chi connectivity index (χ0n) is 20.1. The first-order valence-corrected chi connectivity index (χ1v) is 12.0. The molecule has 2 atom stereocenters. The Morgan fingerprint density at radius 3 is 2.70 bits per heavy atom. The van der Waals surface area contributed by atoms with Gasteiger partial charge in [-0.25, -0.2) is 4.98 Å². The van der Waals surface area contributed by atoms with Crippen molar-refractivity contribution in [1.82, 2.24) is 14.9 Å². The van der Waals surface area contributed by atoms with Gasteiger partial charge in [0.2, 0.25) is 0 Å². The molecule has 0 bridgehead atoms. The smallest absolute Gasteiger partial charge is 0.272 e. The van der Waals surface area contributed by atoms with Crippen molar-refractivity contribution in [3.63, 3.8) is 0 Å². The first kappa shape index (κ1) is 23.6. The molecule has 0 N–H and O–H groups in total. The number of hydrogen-bond donors (Lipinski definition) is 0. The number of carbonyl (C=O) groups excluding carboxylic acids is 1. The second-order valence-corrected chi connectivity index (χ2v) is 9.33. The number of likely N-dealkylation sites (tertiary alicyclic amines) is 1. The van der Waals surface area contributed by atoms with Crippen molar-refractivity contribution >= 4 is 5.91 Å². The highest BCUT2D eigenvalue weighted by atomic mass is 16.5. The fraction of sp³-hybridized carbons (Fsp3) is 0.577. The number of pyridine rings is 2. The molecule has 2 saturated heterocycles. The lowest BCUT2D eigenvalue weighted by Gasteiger charge is -2.48. The average molecular weight is 454 g/mol. The fourth-order valence-electron chi connectivity index (χ4n) is 4.92. The van der Waals surface area contributed by atoms with Gasteiger partial charge in [-0.2, -0.15) is 0 Å². The molecule has 178 valence electrons. The number of nitrogens with zero attached hydrogens (tertiary/aromatic N) is 3. The second kappa shape index (κ2) is 10.2. The van der Waals surface area contributed by atoms with E-state index in [1.165, 1.54) is 0 Å². The summed E-state index contributed by atoms with van der Waals surface area (Å²) in [5, 5.41) is 0. The highest BCUT2D eigenvalue weighted by Crippen LogP contribution is 2.44. The van der Waals surface area contributed by atoms with E-state index in [2.05, 4.69) is 16.0 Å². The molecule has 1 amide bonds. The molecular formula is C26H35N3O4. The van der Waals surface area contributed by atoms with Gasteiger partial charge in [0.25, 0.3) is 5.91 Å². The number of piperidine rings is 1. The van der Waals surface area contributed by atoms with Crippen LogP contribution in [0, 0.1) is 6.92 Å². The summed E-state index contributed by atoms with van der Waals surface area (Å²) in [6.07, 6.45) is 7.10. The number of aryl methyl sites for hydroxylation is 1. The largest absolute Gasteiger partial charge is 0.489 e. The molecule has 0 aliphatic carbocycles. The van der Waals surface area contributed by atoms with Crippen LogP contribution in [0.3, 0.4) is 0 Å². The molecule has 2 aliphatic rings. The van der Waals surface area contributed by atoms with E-state index in [9.17, 15) is 4.79 Å². The summed E-state index contributed by atoms with van der Waals surface area (Å²) in [5.41, 5.74) is 2.00. The minimum atomic E-state index is -0.284. The van der Waals surface area contributed by atoms with E-state index in [4.69, 9.17) is 14.2 Å². The number of amides is 1. The molecule has 0 unspecified atom stereocenters. The molecule has 0 aromatic carbocycles. The zero-order valence-corrected chi connectivity index (χ0v) is 20.1. The Bertz CT molecular complexity index is 942. The molecule has 2 aromatic heterocycles. The Kier molecular flexibility index (Phi) is 7.29. The van der Waals surface area contributed by atoms with Gasteiger partial charge in [-0.15, -0.1) is 0 Å². The third-order valence-electron chi connectivity index (χ3n) is 6.51. The predicted octanol–water partition coefficient (Wildman–Crippen LogP) is 4.50. The molecule has 1 spiro atoms. The van der Waals surface area contributed by atoms with E-state index < -0.39 is 0 Å². The van der Waals surface area contributed by atoms with Crippen LogP contribution in [0.15, 0.2) is 36.7 Å². The lowest BCUT2D eigenvalue weighted by Crippen LogP contribution is -2.52. The van der Waals surface area contributed by atoms with Gasteiger partial charge >= 0.3 is 0 Å². The van der Waals surface area contributed by atoms with Crippen molar-refractivity contribution in [1.29, 1.82) is 0 Å². The van der Waals surface area contributed by atoms with E-state index in [0.29, 0.717) is 25.4 Å². The van der Waals surface area contributed by atoms with E-state index in [1.807, 2.05) is 50.9 Å². The van der Waals surface area contributed by atoms with E-state index >= 15 is 0 Å². The predicted molar refractivity (Wildman–Crippen MR) is 125 cm³/mol. The first-order valence-electron chi connectivity index (χ1n) is 12.0. The molecule has 4 heterocycles. The molecule has 7 heteroatoms. The summed E-state index contributed by atoms with van der Waals surface area (Å²) in [5.74, 6) is 0.684. The normalized spacial score (nSPS) is 22.5. The first-order chi connectivity index (χ1) is 15.9. The summed E-state index contributed by atoms with van der Waals surface area (Å²) in [6.45, 7) is 9.84. The Hall–Kier alpha value is -2.51. The van der Waals surface area contributed by atoms with Crippen LogP contribution in [-0.2, 0) is 9.47 Å². The van der Waals surface area contributed by atoms with Crippen LogP contribution in [-0.4, -0.2) is 58.3 Å². The Balaban J connectivity index is 1.44. The van der Waals surface area contributed by atoms with Crippen LogP contribution in [0.1, 0.15) is 74.3 Å². The molecule has 2 aliphatic heterocycles. The standard InChI is InChI=1S/C26H35N3O4/c1-5-31-21-15-24(20-7-6-12-27-17-20)33-26(16-21)10-13-29(14-11-26)25(30)22-8-9-23(19(4)28-22)32-18(2)3/h6-9,12,17-18,21,24H,5,10-11,13-16H2,1-4H3/t21-,24-/m0/s1. The maximum Gasteiger partial charge on any atom is 0.272 e. The van der Waals surface area contributed by atoms with Crippen LogP contribution in [0.25, 0.3) is 0 Å². The minimum Gasteiger partial charge on any atom is -0.489 e. The van der Waals surface area contributed by atoms with Gasteiger partial charge < -0.3 is 19.1 Å². The summed E-state index contributed by atoms with van der Waals surface area (Å²) in [4.78, 5) is 23.8. The summed E-state index contributed by atoms with van der Waals surface area (Å²) < 4.78 is 18.5. The zero-order chi connectivity index (χ0) is 23.4. The summed E-state index contributed by atoms with van der Waals surface area (Å²) in [6, 6.07) is 7.62. The molecule has 4 rings (SSSR count). The van der Waals surface area contributed by atoms with Crippen molar-refractivity contribution < 1.29 is 19.0 Å². The molecule has 33 heavy (non-hydrogen) atoms. The van der Waals surface area contributed by atoms with Crippen LogP contribution >= 0.6 is 0 Å². The molecule has 0 saturated carbocycles. The van der Waals surface area contributed by atoms with Gasteiger partial charge in [0.05, 0.1) is 29.6 Å². The lowest BCUT2D eigenvalue weighted by atomic mass is 9.81. The number of rotatable bonds is 6. The van der Waals surface area contributed by atoms with Crippen LogP contribution in [0.4, 0.5) is 0 Å². The van der Waals surface area contributed by atoms with Gasteiger partial charge in [-0.3, -0.25) is 9.78 Å². The summed E-state index contributed by atoms with van der Waals surface area (Å²) >= 11 is 0. The van der Waals surface area contributed by atoms with Crippen LogP contribution in [0.2, 0.25) is 0 Å². The van der Waals surface area contributed by atoms with Crippen molar-refractivity contribution in [3.05, 3.63) is 53.6 Å². The van der Waals surface area contributed by atoms with Gasteiger partial charge in [-0.05, 0) is 64.3 Å². The minimum absolute atomic E-state index is 0.0370. The maximum atomic E-state index is 13.2.